The third kappa shape index (κ3) is 3.10. The van der Waals surface area contributed by atoms with E-state index in [9.17, 15) is 4.79 Å². The molecule has 1 aliphatic rings. The Morgan fingerprint density at radius 1 is 1.52 bits per heavy atom. The van der Waals surface area contributed by atoms with Crippen molar-refractivity contribution in [2.45, 2.75) is 30.3 Å². The van der Waals surface area contributed by atoms with Crippen LogP contribution < -0.4 is 0 Å². The summed E-state index contributed by atoms with van der Waals surface area (Å²) in [5.74, 6) is 0.604. The molecule has 3 rings (SSSR count). The second-order valence-corrected chi connectivity index (χ2v) is 6.11. The van der Waals surface area contributed by atoms with Crippen molar-refractivity contribution in [2.24, 2.45) is 0 Å². The van der Waals surface area contributed by atoms with E-state index < -0.39 is 0 Å². The van der Waals surface area contributed by atoms with Crippen LogP contribution in [-0.4, -0.2) is 39.3 Å². The minimum absolute atomic E-state index is 0.0185. The van der Waals surface area contributed by atoms with E-state index in [4.69, 9.17) is 0 Å². The maximum atomic E-state index is 12.5. The summed E-state index contributed by atoms with van der Waals surface area (Å²) in [5, 5.41) is 8.11. The Hall–Kier alpha value is -1.82. The van der Waals surface area contributed by atoms with E-state index in [1.807, 2.05) is 12.3 Å². The van der Waals surface area contributed by atoms with Gasteiger partial charge in [0.05, 0.1) is 23.5 Å². The molecule has 1 fully saturated rings. The summed E-state index contributed by atoms with van der Waals surface area (Å²) in [6, 6.07) is 5.68. The van der Waals surface area contributed by atoms with Crippen LogP contribution in [0, 0.1) is 0 Å². The van der Waals surface area contributed by atoms with Gasteiger partial charge in [-0.05, 0) is 37.3 Å². The molecule has 6 heteroatoms. The van der Waals surface area contributed by atoms with Crippen molar-refractivity contribution < 1.29 is 4.79 Å². The molecule has 2 heterocycles. The molecule has 1 N–H and O–H groups in total. The number of nitrogens with zero attached hydrogens (tertiary/aromatic N) is 3. The fourth-order valence-electron chi connectivity index (χ4n) is 2.30. The Labute approximate surface area is 128 Å². The average Bonchev–Trinajstić information content (AvgIpc) is 3.26. The number of H-pyrrole nitrogens is 1. The molecule has 0 spiro atoms. The van der Waals surface area contributed by atoms with Gasteiger partial charge in [0, 0.05) is 19.2 Å². The molecule has 110 valence electrons. The second kappa shape index (κ2) is 5.89. The number of carbonyl (C=O) groups is 1. The van der Waals surface area contributed by atoms with Crippen LogP contribution >= 0.6 is 11.8 Å². The predicted molar refractivity (Wildman–Crippen MR) is 82.4 cm³/mol. The molecule has 0 bridgehead atoms. The lowest BCUT2D eigenvalue weighted by atomic mass is 10.2. The molecule has 2 aromatic rings. The number of amides is 1. The Kier molecular flexibility index (Phi) is 3.96. The first-order valence-corrected chi connectivity index (χ1v) is 8.20. The SMILES string of the molecule is CSc1ncccc1C(=O)N(C)Cc1cc(C2CC2)n[nH]1. The van der Waals surface area contributed by atoms with Crippen molar-refractivity contribution in [1.29, 1.82) is 0 Å². The number of hydrogen-bond acceptors (Lipinski definition) is 4. The van der Waals surface area contributed by atoms with Gasteiger partial charge < -0.3 is 4.90 Å². The van der Waals surface area contributed by atoms with E-state index in [1.54, 1.807) is 24.2 Å². The van der Waals surface area contributed by atoms with E-state index >= 15 is 0 Å². The van der Waals surface area contributed by atoms with Crippen LogP contribution in [0.5, 0.6) is 0 Å². The molecule has 2 aromatic heterocycles. The Morgan fingerprint density at radius 3 is 3.05 bits per heavy atom. The zero-order valence-electron chi connectivity index (χ0n) is 12.2. The van der Waals surface area contributed by atoms with E-state index in [2.05, 4.69) is 21.2 Å². The third-order valence-electron chi connectivity index (χ3n) is 3.60. The van der Waals surface area contributed by atoms with Gasteiger partial charge in [0.25, 0.3) is 5.91 Å². The third-order valence-corrected chi connectivity index (χ3v) is 4.31. The number of aromatic nitrogens is 3. The standard InChI is InChI=1S/C15H18N4OS/c1-19(9-11-8-13(18-17-11)10-5-6-10)15(20)12-4-3-7-16-14(12)21-2/h3-4,7-8,10H,5-6,9H2,1-2H3,(H,17,18). The topological polar surface area (TPSA) is 61.9 Å². The van der Waals surface area contributed by atoms with Crippen LogP contribution in [0.2, 0.25) is 0 Å². The van der Waals surface area contributed by atoms with Crippen molar-refractivity contribution in [3.8, 4) is 0 Å². The maximum absolute atomic E-state index is 12.5. The Bertz CT molecular complexity index is 651. The van der Waals surface area contributed by atoms with E-state index in [1.165, 1.54) is 24.6 Å². The number of rotatable bonds is 5. The normalized spacial score (nSPS) is 14.2. The van der Waals surface area contributed by atoms with Crippen molar-refractivity contribution in [3.05, 3.63) is 41.3 Å². The number of carbonyl (C=O) groups excluding carboxylic acids is 1. The van der Waals surface area contributed by atoms with E-state index in [0.717, 1.165) is 16.4 Å². The van der Waals surface area contributed by atoms with Gasteiger partial charge in [-0.3, -0.25) is 9.89 Å². The highest BCUT2D eigenvalue weighted by Crippen LogP contribution is 2.39. The molecule has 0 unspecified atom stereocenters. The summed E-state index contributed by atoms with van der Waals surface area (Å²) in [6.07, 6.45) is 6.09. The summed E-state index contributed by atoms with van der Waals surface area (Å²) in [7, 11) is 1.80. The summed E-state index contributed by atoms with van der Waals surface area (Å²) >= 11 is 1.48. The highest BCUT2D eigenvalue weighted by atomic mass is 32.2. The van der Waals surface area contributed by atoms with E-state index in [0.29, 0.717) is 18.0 Å². The molecule has 21 heavy (non-hydrogen) atoms. The minimum Gasteiger partial charge on any atom is -0.336 e. The van der Waals surface area contributed by atoms with Gasteiger partial charge in [-0.25, -0.2) is 4.98 Å². The fourth-order valence-corrected chi connectivity index (χ4v) is 2.84. The van der Waals surface area contributed by atoms with Crippen molar-refractivity contribution in [3.63, 3.8) is 0 Å². The quantitative estimate of drug-likeness (QED) is 0.863. The Morgan fingerprint density at radius 2 is 2.33 bits per heavy atom. The lowest BCUT2D eigenvalue weighted by Crippen LogP contribution is -2.27. The van der Waals surface area contributed by atoms with Crippen LogP contribution in [-0.2, 0) is 6.54 Å². The van der Waals surface area contributed by atoms with Crippen molar-refractivity contribution in [1.82, 2.24) is 20.1 Å². The molecule has 0 saturated heterocycles. The summed E-state index contributed by atoms with van der Waals surface area (Å²) in [6.45, 7) is 0.529. The van der Waals surface area contributed by atoms with Gasteiger partial charge in [0.2, 0.25) is 0 Å². The molecule has 0 aliphatic heterocycles. The molecule has 1 aliphatic carbocycles. The van der Waals surface area contributed by atoms with Gasteiger partial charge in [0.1, 0.15) is 5.03 Å². The predicted octanol–water partition coefficient (Wildman–Crippen LogP) is 2.68. The zero-order valence-corrected chi connectivity index (χ0v) is 13.0. The van der Waals surface area contributed by atoms with Crippen LogP contribution in [0.15, 0.2) is 29.4 Å². The van der Waals surface area contributed by atoms with Gasteiger partial charge in [-0.15, -0.1) is 11.8 Å². The van der Waals surface area contributed by atoms with E-state index in [-0.39, 0.29) is 5.91 Å². The van der Waals surface area contributed by atoms with Crippen molar-refractivity contribution in [2.75, 3.05) is 13.3 Å². The molecular weight excluding hydrogens is 284 g/mol. The number of pyridine rings is 1. The molecule has 1 amide bonds. The smallest absolute Gasteiger partial charge is 0.256 e. The Balaban J connectivity index is 1.71. The lowest BCUT2D eigenvalue weighted by molar-refractivity contribution is 0.0779. The first-order valence-electron chi connectivity index (χ1n) is 6.97. The number of thioether (sulfide) groups is 1. The molecule has 5 nitrogen and oxygen atoms in total. The van der Waals surface area contributed by atoms with Crippen LogP contribution in [0.1, 0.15) is 40.5 Å². The van der Waals surface area contributed by atoms with Gasteiger partial charge in [-0.1, -0.05) is 0 Å². The van der Waals surface area contributed by atoms with Gasteiger partial charge >= 0.3 is 0 Å². The zero-order chi connectivity index (χ0) is 14.8. The summed E-state index contributed by atoms with van der Waals surface area (Å²) in [5.41, 5.74) is 2.74. The summed E-state index contributed by atoms with van der Waals surface area (Å²) in [4.78, 5) is 18.5. The number of hydrogen-bond donors (Lipinski definition) is 1. The highest BCUT2D eigenvalue weighted by molar-refractivity contribution is 7.98. The second-order valence-electron chi connectivity index (χ2n) is 5.31. The molecular formula is C15H18N4OS. The van der Waals surface area contributed by atoms with Crippen LogP contribution in [0.25, 0.3) is 0 Å². The first kappa shape index (κ1) is 14.1. The first-order chi connectivity index (χ1) is 10.2. The fraction of sp³-hybridized carbons (Fsp3) is 0.400. The molecule has 0 atom stereocenters. The lowest BCUT2D eigenvalue weighted by Gasteiger charge is -2.17. The maximum Gasteiger partial charge on any atom is 0.256 e. The highest BCUT2D eigenvalue weighted by Gasteiger charge is 2.26. The average molecular weight is 302 g/mol. The number of nitrogens with one attached hydrogen (secondary N) is 1. The largest absolute Gasteiger partial charge is 0.336 e. The summed E-state index contributed by atoms with van der Waals surface area (Å²) < 4.78 is 0. The molecule has 1 saturated carbocycles. The molecule has 0 aromatic carbocycles. The monoisotopic (exact) mass is 302 g/mol. The number of aromatic amines is 1. The van der Waals surface area contributed by atoms with Crippen molar-refractivity contribution >= 4 is 17.7 Å². The van der Waals surface area contributed by atoms with Crippen LogP contribution in [0.3, 0.4) is 0 Å². The molecule has 0 radical (unpaired) electrons. The van der Waals surface area contributed by atoms with Crippen LogP contribution in [0.4, 0.5) is 0 Å². The minimum atomic E-state index is -0.0185. The van der Waals surface area contributed by atoms with Gasteiger partial charge in [0.15, 0.2) is 0 Å². The van der Waals surface area contributed by atoms with Gasteiger partial charge in [-0.2, -0.15) is 5.10 Å².